The molecule has 0 atom stereocenters. The molecule has 0 unspecified atom stereocenters. The molecular formula is C41H49F3N6O4. The summed E-state index contributed by atoms with van der Waals surface area (Å²) in [5, 5.41) is 5.68. The highest BCUT2D eigenvalue weighted by molar-refractivity contribution is 6.08. The first-order valence-electron chi connectivity index (χ1n) is 17.7. The number of aromatic nitrogens is 1. The second kappa shape index (κ2) is 19.2. The van der Waals surface area contributed by atoms with E-state index in [-0.39, 0.29) is 25.4 Å². The Morgan fingerprint density at radius 1 is 0.870 bits per heavy atom. The zero-order chi connectivity index (χ0) is 38.0. The number of alkyl halides is 3. The monoisotopic (exact) mass is 746 g/mol. The van der Waals surface area contributed by atoms with Crippen LogP contribution in [-0.2, 0) is 17.5 Å². The fourth-order valence-corrected chi connectivity index (χ4v) is 6.08. The van der Waals surface area contributed by atoms with Crippen LogP contribution in [0.25, 0.3) is 11.3 Å². The highest BCUT2D eigenvalue weighted by Gasteiger charge is 2.30. The Balaban J connectivity index is 0.00000650. The average molecular weight is 747 g/mol. The number of hydrogen-bond donors (Lipinski definition) is 2. The van der Waals surface area contributed by atoms with E-state index >= 15 is 0 Å². The number of hydrogen-bond acceptors (Lipinski definition) is 7. The summed E-state index contributed by atoms with van der Waals surface area (Å²) in [7, 11) is 1.74. The lowest BCUT2D eigenvalue weighted by Crippen LogP contribution is -2.41. The number of anilines is 2. The first-order chi connectivity index (χ1) is 25.5. The maximum absolute atomic E-state index is 13.7. The van der Waals surface area contributed by atoms with Crippen LogP contribution in [0.2, 0.25) is 0 Å². The first-order valence-corrected chi connectivity index (χ1v) is 17.7. The largest absolute Gasteiger partial charge is 0.416 e. The Kier molecular flexibility index (Phi) is 14.7. The van der Waals surface area contributed by atoms with E-state index in [1.807, 2.05) is 19.1 Å². The van der Waals surface area contributed by atoms with Crippen molar-refractivity contribution in [1.29, 1.82) is 0 Å². The summed E-state index contributed by atoms with van der Waals surface area (Å²) in [5.74, 6) is -1.12. The molecular weight excluding hydrogens is 697 g/mol. The lowest BCUT2D eigenvalue weighted by molar-refractivity contribution is -0.137. The Bertz CT molecular complexity index is 1900. The molecule has 1 aliphatic heterocycles. The number of carbonyl (C=O) groups is 3. The molecule has 1 saturated heterocycles. The minimum atomic E-state index is -4.49. The van der Waals surface area contributed by atoms with Crippen molar-refractivity contribution in [2.24, 2.45) is 0 Å². The van der Waals surface area contributed by atoms with E-state index in [9.17, 15) is 27.6 Å². The predicted molar refractivity (Wildman–Crippen MR) is 206 cm³/mol. The van der Waals surface area contributed by atoms with Crippen molar-refractivity contribution in [3.8, 4) is 11.3 Å². The number of amides is 3. The van der Waals surface area contributed by atoms with Gasteiger partial charge in [0.1, 0.15) is 0 Å². The average Bonchev–Trinajstić information content (AvgIpc) is 3.18. The van der Waals surface area contributed by atoms with Crippen molar-refractivity contribution in [3.05, 3.63) is 113 Å². The second-order valence-electron chi connectivity index (χ2n) is 12.8. The van der Waals surface area contributed by atoms with Gasteiger partial charge in [0.25, 0.3) is 17.7 Å². The standard InChI is InChI=1S/C40H45F3N6O4.CH4/c1-4-16-49(5-2)33-12-13-35(46-38(51)29-9-7-10-31(24-29)39(52)47(3)17-18-48-19-21-53-22-20-48)34(26-33)36-25-30(14-15-44-36)37(50)45-27-28-8-6-11-32(23-28)40(41,42)43;/h6-15,23-26H,4-5,16-22,27H2,1-3H3,(H,45,50)(H,46,51);1H4. The predicted octanol–water partition coefficient (Wildman–Crippen LogP) is 7.23. The molecule has 1 fully saturated rings. The van der Waals surface area contributed by atoms with Gasteiger partial charge in [0.15, 0.2) is 0 Å². The molecule has 0 aliphatic carbocycles. The maximum Gasteiger partial charge on any atom is 0.416 e. The molecule has 288 valence electrons. The summed E-state index contributed by atoms with van der Waals surface area (Å²) in [6.07, 6.45) is -2.10. The lowest BCUT2D eigenvalue weighted by atomic mass is 10.0. The summed E-state index contributed by atoms with van der Waals surface area (Å²) < 4.78 is 45.0. The van der Waals surface area contributed by atoms with Crippen molar-refractivity contribution in [3.63, 3.8) is 0 Å². The number of nitrogens with zero attached hydrogens (tertiary/aromatic N) is 4. The van der Waals surface area contributed by atoms with Crippen LogP contribution in [0.4, 0.5) is 24.5 Å². The number of likely N-dealkylation sites (N-methyl/N-ethyl adjacent to an activating group) is 1. The van der Waals surface area contributed by atoms with E-state index in [2.05, 4.69) is 32.3 Å². The van der Waals surface area contributed by atoms with Gasteiger partial charge in [0.2, 0.25) is 0 Å². The van der Waals surface area contributed by atoms with Crippen LogP contribution < -0.4 is 15.5 Å². The number of halogens is 3. The number of nitrogens with one attached hydrogen (secondary N) is 2. The van der Waals surface area contributed by atoms with Gasteiger partial charge in [-0.2, -0.15) is 13.2 Å². The molecule has 3 aromatic carbocycles. The molecule has 54 heavy (non-hydrogen) atoms. The molecule has 1 aromatic heterocycles. The molecule has 2 N–H and O–H groups in total. The first kappa shape index (κ1) is 41.5. The van der Waals surface area contributed by atoms with Crippen LogP contribution in [0.3, 0.4) is 0 Å². The van der Waals surface area contributed by atoms with E-state index < -0.39 is 23.6 Å². The van der Waals surface area contributed by atoms with Gasteiger partial charge in [0, 0.05) is 87.0 Å². The third-order valence-electron chi connectivity index (χ3n) is 9.07. The van der Waals surface area contributed by atoms with Gasteiger partial charge < -0.3 is 25.2 Å². The Morgan fingerprint density at radius 2 is 1.59 bits per heavy atom. The smallest absolute Gasteiger partial charge is 0.379 e. The summed E-state index contributed by atoms with van der Waals surface area (Å²) in [6.45, 7) is 9.84. The van der Waals surface area contributed by atoms with Crippen LogP contribution in [0.15, 0.2) is 85.1 Å². The lowest BCUT2D eigenvalue weighted by Gasteiger charge is -2.28. The molecule has 10 nitrogen and oxygen atoms in total. The number of carbonyl (C=O) groups excluding carboxylic acids is 3. The van der Waals surface area contributed by atoms with Crippen LogP contribution in [0.5, 0.6) is 0 Å². The molecule has 2 heterocycles. The van der Waals surface area contributed by atoms with Crippen molar-refractivity contribution in [2.75, 3.05) is 69.7 Å². The minimum Gasteiger partial charge on any atom is -0.379 e. The van der Waals surface area contributed by atoms with Gasteiger partial charge in [-0.25, -0.2) is 0 Å². The molecule has 0 saturated carbocycles. The third-order valence-corrected chi connectivity index (χ3v) is 9.07. The Hall–Kier alpha value is -5.27. The quantitative estimate of drug-likeness (QED) is 0.140. The minimum absolute atomic E-state index is 0. The van der Waals surface area contributed by atoms with Crippen molar-refractivity contribution in [2.45, 2.75) is 40.4 Å². The van der Waals surface area contributed by atoms with Crippen molar-refractivity contribution in [1.82, 2.24) is 20.1 Å². The highest BCUT2D eigenvalue weighted by atomic mass is 19.4. The van der Waals surface area contributed by atoms with E-state index in [0.717, 1.165) is 57.0 Å². The van der Waals surface area contributed by atoms with E-state index in [0.29, 0.717) is 53.4 Å². The normalized spacial score (nSPS) is 13.1. The van der Waals surface area contributed by atoms with Crippen molar-refractivity contribution < 1.29 is 32.3 Å². The molecule has 5 rings (SSSR count). The number of benzene rings is 3. The van der Waals surface area contributed by atoms with E-state index in [1.165, 1.54) is 24.4 Å². The number of morpholine rings is 1. The summed E-state index contributed by atoms with van der Waals surface area (Å²) in [6, 6.07) is 20.1. The molecule has 4 aromatic rings. The van der Waals surface area contributed by atoms with Gasteiger partial charge in [-0.05, 0) is 79.6 Å². The van der Waals surface area contributed by atoms with Crippen LogP contribution in [0, 0.1) is 0 Å². The zero-order valence-corrected chi connectivity index (χ0v) is 30.2. The van der Waals surface area contributed by atoms with Crippen LogP contribution >= 0.6 is 0 Å². The number of rotatable bonds is 14. The van der Waals surface area contributed by atoms with Gasteiger partial charge in [-0.3, -0.25) is 24.3 Å². The second-order valence-corrected chi connectivity index (χ2v) is 12.8. The van der Waals surface area contributed by atoms with Gasteiger partial charge in [-0.1, -0.05) is 32.5 Å². The van der Waals surface area contributed by atoms with Gasteiger partial charge in [-0.15, -0.1) is 0 Å². The molecule has 0 bridgehead atoms. The molecule has 13 heteroatoms. The fraction of sp³-hybridized carbons (Fsp3) is 0.366. The third kappa shape index (κ3) is 10.9. The number of pyridine rings is 1. The van der Waals surface area contributed by atoms with Crippen LogP contribution in [-0.4, -0.2) is 92.0 Å². The van der Waals surface area contributed by atoms with Crippen LogP contribution in [0.1, 0.15) is 69.9 Å². The molecule has 1 aliphatic rings. The summed E-state index contributed by atoms with van der Waals surface area (Å²) in [4.78, 5) is 50.8. The van der Waals surface area contributed by atoms with Gasteiger partial charge in [0.05, 0.1) is 30.2 Å². The zero-order valence-electron chi connectivity index (χ0n) is 30.2. The van der Waals surface area contributed by atoms with E-state index in [4.69, 9.17) is 4.74 Å². The Labute approximate surface area is 315 Å². The Morgan fingerprint density at radius 3 is 2.31 bits per heavy atom. The molecule has 3 amide bonds. The van der Waals surface area contributed by atoms with Crippen molar-refractivity contribution >= 4 is 29.1 Å². The molecule has 0 radical (unpaired) electrons. The summed E-state index contributed by atoms with van der Waals surface area (Å²) in [5.41, 5.74) is 2.76. The number of ether oxygens (including phenoxy) is 1. The molecule has 0 spiro atoms. The van der Waals surface area contributed by atoms with E-state index in [1.54, 1.807) is 48.3 Å². The topological polar surface area (TPSA) is 107 Å². The highest BCUT2D eigenvalue weighted by Crippen LogP contribution is 2.33. The van der Waals surface area contributed by atoms with Gasteiger partial charge >= 0.3 is 6.18 Å². The SMILES string of the molecule is C.CCCN(CC)c1ccc(NC(=O)c2cccc(C(=O)N(C)CCN3CCOCC3)c2)c(-c2cc(C(=O)NCc3cccc(C(F)(F)F)c3)ccn2)c1. The fourth-order valence-electron chi connectivity index (χ4n) is 6.08. The maximum atomic E-state index is 13.7. The summed E-state index contributed by atoms with van der Waals surface area (Å²) >= 11 is 0.